The maximum absolute atomic E-state index is 12.9. The molecule has 2 aromatic carbocycles. The minimum absolute atomic E-state index is 0.000976. The van der Waals surface area contributed by atoms with Gasteiger partial charge in [0.25, 0.3) is 0 Å². The Kier molecular flexibility index (Phi) is 5.86. The number of carbonyl (C=O) groups excluding carboxylic acids is 1. The number of rotatable bonds is 6. The van der Waals surface area contributed by atoms with Crippen molar-refractivity contribution in [3.63, 3.8) is 0 Å². The third-order valence-electron chi connectivity index (χ3n) is 5.55. The molecule has 0 aromatic heterocycles. The summed E-state index contributed by atoms with van der Waals surface area (Å²) in [5, 5.41) is 0. The summed E-state index contributed by atoms with van der Waals surface area (Å²) in [6, 6.07) is 15.5. The summed E-state index contributed by atoms with van der Waals surface area (Å²) < 4.78 is 22.9. The van der Waals surface area contributed by atoms with Crippen LogP contribution in [0, 0.1) is 12.8 Å². The van der Waals surface area contributed by atoms with Gasteiger partial charge >= 0.3 is 0 Å². The molecule has 0 saturated heterocycles. The van der Waals surface area contributed by atoms with Crippen LogP contribution in [0.5, 0.6) is 11.5 Å². The van der Waals surface area contributed by atoms with Crippen LogP contribution in [0.1, 0.15) is 30.4 Å². The Hall–Kier alpha value is -2.79. The fourth-order valence-electron chi connectivity index (χ4n) is 3.85. The molecule has 1 fully saturated rings. The Morgan fingerprint density at radius 1 is 1.07 bits per heavy atom. The molecule has 1 heterocycles. The number of hydrogen-bond donors (Lipinski definition) is 0. The van der Waals surface area contributed by atoms with E-state index in [1.54, 1.807) is 19.2 Å². The lowest BCUT2D eigenvalue weighted by Gasteiger charge is -2.37. The number of ether oxygens (including phenoxy) is 4. The van der Waals surface area contributed by atoms with Crippen LogP contribution in [0.2, 0.25) is 0 Å². The molecule has 0 spiro atoms. The van der Waals surface area contributed by atoms with Crippen molar-refractivity contribution in [2.24, 2.45) is 5.92 Å². The minimum atomic E-state index is -0.181. The highest BCUT2D eigenvalue weighted by atomic mass is 16.5. The zero-order valence-corrected chi connectivity index (χ0v) is 16.8. The molecule has 152 valence electrons. The lowest BCUT2D eigenvalue weighted by Crippen LogP contribution is -2.42. The van der Waals surface area contributed by atoms with Crippen LogP contribution < -0.4 is 9.47 Å². The highest BCUT2D eigenvalue weighted by molar-refractivity contribution is 5.96. The molecule has 2 aromatic rings. The second-order valence-electron chi connectivity index (χ2n) is 7.64. The second kappa shape index (κ2) is 8.70. The Labute approximate surface area is 171 Å². The van der Waals surface area contributed by atoms with Crippen molar-refractivity contribution < 1.29 is 23.7 Å². The monoisotopic (exact) mass is 394 g/mol. The molecular formula is C24H26O5. The van der Waals surface area contributed by atoms with Crippen LogP contribution in [0.25, 0.3) is 0 Å². The molecule has 1 aliphatic heterocycles. The van der Waals surface area contributed by atoms with E-state index in [0.29, 0.717) is 24.5 Å². The first-order valence-corrected chi connectivity index (χ1v) is 10.0. The Balaban J connectivity index is 1.35. The van der Waals surface area contributed by atoms with E-state index in [1.807, 2.05) is 12.1 Å². The van der Waals surface area contributed by atoms with Crippen molar-refractivity contribution in [3.8, 4) is 11.5 Å². The molecule has 3 atom stereocenters. The van der Waals surface area contributed by atoms with E-state index in [1.165, 1.54) is 11.8 Å². The van der Waals surface area contributed by atoms with Gasteiger partial charge in [0.2, 0.25) is 11.5 Å². The number of hydrogen-bond acceptors (Lipinski definition) is 5. The maximum Gasteiger partial charge on any atom is 0.207 e. The van der Waals surface area contributed by atoms with Crippen LogP contribution in [0.4, 0.5) is 0 Å². The molecule has 4 rings (SSSR count). The summed E-state index contributed by atoms with van der Waals surface area (Å²) >= 11 is 0. The standard InChI is InChI=1S/C24H26O5/c1-16-6-8-17(9-7-16)14-27-19-10-11-21-22(13-19)28-15-23(24(21)25)29-20-5-3-4-18(12-20)26-2/h3-9,12,15,19,21-22H,10-11,13-14H2,1-2H3. The summed E-state index contributed by atoms with van der Waals surface area (Å²) in [6.07, 6.45) is 3.68. The molecule has 3 unspecified atom stereocenters. The number of ketones is 1. The molecule has 0 N–H and O–H groups in total. The summed E-state index contributed by atoms with van der Waals surface area (Å²) in [5.74, 6) is 1.30. The predicted octanol–water partition coefficient (Wildman–Crippen LogP) is 4.58. The summed E-state index contributed by atoms with van der Waals surface area (Å²) in [4.78, 5) is 12.9. The number of fused-ring (bicyclic) bond motifs is 1. The molecule has 1 aliphatic carbocycles. The second-order valence-corrected chi connectivity index (χ2v) is 7.64. The van der Waals surface area contributed by atoms with E-state index in [0.717, 1.165) is 18.4 Å². The van der Waals surface area contributed by atoms with Crippen molar-refractivity contribution in [2.75, 3.05) is 7.11 Å². The SMILES string of the molecule is COc1cccc(OC2=COC3CC(OCc4ccc(C)cc4)CCC3C2=O)c1. The summed E-state index contributed by atoms with van der Waals surface area (Å²) in [7, 11) is 1.59. The van der Waals surface area contributed by atoms with E-state index in [-0.39, 0.29) is 29.7 Å². The zero-order chi connectivity index (χ0) is 20.2. The smallest absolute Gasteiger partial charge is 0.207 e. The normalized spacial score (nSPS) is 23.6. The van der Waals surface area contributed by atoms with Crippen LogP contribution >= 0.6 is 0 Å². The topological polar surface area (TPSA) is 54.0 Å². The van der Waals surface area contributed by atoms with Gasteiger partial charge in [0.05, 0.1) is 25.7 Å². The van der Waals surface area contributed by atoms with Crippen molar-refractivity contribution in [3.05, 3.63) is 71.7 Å². The third-order valence-corrected chi connectivity index (χ3v) is 5.55. The molecule has 0 amide bonds. The fraction of sp³-hybridized carbons (Fsp3) is 0.375. The van der Waals surface area contributed by atoms with Gasteiger partial charge in [0.15, 0.2) is 0 Å². The molecule has 5 nitrogen and oxygen atoms in total. The van der Waals surface area contributed by atoms with Gasteiger partial charge in [-0.3, -0.25) is 4.79 Å². The summed E-state index contributed by atoms with van der Waals surface area (Å²) in [6.45, 7) is 2.65. The molecule has 29 heavy (non-hydrogen) atoms. The molecule has 2 aliphatic rings. The van der Waals surface area contributed by atoms with Gasteiger partial charge < -0.3 is 18.9 Å². The van der Waals surface area contributed by atoms with E-state index in [2.05, 4.69) is 31.2 Å². The first-order valence-electron chi connectivity index (χ1n) is 10.0. The fourth-order valence-corrected chi connectivity index (χ4v) is 3.85. The first kappa shape index (κ1) is 19.5. The highest BCUT2D eigenvalue weighted by Gasteiger charge is 2.41. The van der Waals surface area contributed by atoms with Gasteiger partial charge in [0, 0.05) is 12.5 Å². The van der Waals surface area contributed by atoms with E-state index in [9.17, 15) is 4.79 Å². The van der Waals surface area contributed by atoms with Gasteiger partial charge in [-0.15, -0.1) is 0 Å². The number of benzene rings is 2. The van der Waals surface area contributed by atoms with Crippen LogP contribution in [0.3, 0.4) is 0 Å². The van der Waals surface area contributed by atoms with Crippen molar-refractivity contribution >= 4 is 5.78 Å². The van der Waals surface area contributed by atoms with Gasteiger partial charge in [-0.2, -0.15) is 0 Å². The lowest BCUT2D eigenvalue weighted by molar-refractivity contribution is -0.134. The van der Waals surface area contributed by atoms with E-state index >= 15 is 0 Å². The molecule has 0 radical (unpaired) electrons. The lowest BCUT2D eigenvalue weighted by atomic mass is 9.80. The van der Waals surface area contributed by atoms with Crippen molar-refractivity contribution in [2.45, 2.75) is 45.0 Å². The number of Topliss-reactive ketones (excluding diaryl/α,β-unsaturated/α-hetero) is 1. The van der Waals surface area contributed by atoms with Crippen LogP contribution in [-0.2, 0) is 20.9 Å². The molecule has 5 heteroatoms. The van der Waals surface area contributed by atoms with Gasteiger partial charge in [-0.1, -0.05) is 35.9 Å². The van der Waals surface area contributed by atoms with Crippen LogP contribution in [-0.4, -0.2) is 25.1 Å². The Morgan fingerprint density at radius 2 is 1.86 bits per heavy atom. The average Bonchev–Trinajstić information content (AvgIpc) is 2.75. The van der Waals surface area contributed by atoms with Crippen molar-refractivity contribution in [1.82, 2.24) is 0 Å². The van der Waals surface area contributed by atoms with Gasteiger partial charge in [-0.25, -0.2) is 0 Å². The van der Waals surface area contributed by atoms with E-state index in [4.69, 9.17) is 18.9 Å². The number of allylic oxidation sites excluding steroid dienone is 1. The number of methoxy groups -OCH3 is 1. The van der Waals surface area contributed by atoms with Gasteiger partial charge in [0.1, 0.15) is 23.9 Å². The van der Waals surface area contributed by atoms with E-state index < -0.39 is 0 Å². The Bertz CT molecular complexity index is 886. The van der Waals surface area contributed by atoms with Crippen LogP contribution in [0.15, 0.2) is 60.6 Å². The average molecular weight is 394 g/mol. The summed E-state index contributed by atoms with van der Waals surface area (Å²) in [5.41, 5.74) is 2.40. The highest BCUT2D eigenvalue weighted by Crippen LogP contribution is 2.35. The van der Waals surface area contributed by atoms with Gasteiger partial charge in [-0.05, 0) is 37.5 Å². The van der Waals surface area contributed by atoms with Crippen molar-refractivity contribution in [1.29, 1.82) is 0 Å². The zero-order valence-electron chi connectivity index (χ0n) is 16.8. The maximum atomic E-state index is 12.9. The predicted molar refractivity (Wildman–Crippen MR) is 109 cm³/mol. The Morgan fingerprint density at radius 3 is 2.66 bits per heavy atom. The quantitative estimate of drug-likeness (QED) is 0.718. The minimum Gasteiger partial charge on any atom is -0.497 e. The number of aryl methyl sites for hydroxylation is 1. The molecular weight excluding hydrogens is 368 g/mol. The third kappa shape index (κ3) is 4.62. The molecule has 1 saturated carbocycles. The molecule has 0 bridgehead atoms. The largest absolute Gasteiger partial charge is 0.497 e. The number of carbonyl (C=O) groups is 1. The first-order chi connectivity index (χ1) is 14.1.